The number of carbonyl (C=O) groups excluding carboxylic acids is 2. The van der Waals surface area contributed by atoms with Crippen molar-refractivity contribution in [3.8, 4) is 0 Å². The fourth-order valence-electron chi connectivity index (χ4n) is 2.47. The molecule has 0 bridgehead atoms. The number of hydrogen-bond acceptors (Lipinski definition) is 7. The first-order valence-electron chi connectivity index (χ1n) is 8.47. The molecule has 2 N–H and O–H groups in total. The minimum absolute atomic E-state index is 0.0119. The van der Waals surface area contributed by atoms with E-state index < -0.39 is 0 Å². The number of carbonyl (C=O) groups is 2. The normalized spacial score (nSPS) is 12.3. The van der Waals surface area contributed by atoms with Crippen LogP contribution in [0.2, 0.25) is 0 Å². The van der Waals surface area contributed by atoms with Gasteiger partial charge in [0.05, 0.1) is 29.2 Å². The van der Waals surface area contributed by atoms with Crippen LogP contribution < -0.4 is 10.9 Å². The minimum Gasteiger partial charge on any atom is -0.288 e. The van der Waals surface area contributed by atoms with Gasteiger partial charge in [0.1, 0.15) is 10.0 Å². The van der Waals surface area contributed by atoms with Crippen LogP contribution in [0, 0.1) is 6.92 Å². The van der Waals surface area contributed by atoms with Gasteiger partial charge in [0.15, 0.2) is 0 Å². The predicted molar refractivity (Wildman–Crippen MR) is 108 cm³/mol. The van der Waals surface area contributed by atoms with Crippen LogP contribution >= 0.6 is 22.7 Å². The lowest BCUT2D eigenvalue weighted by Crippen LogP contribution is -2.46. The molecule has 0 saturated carbocycles. The average Bonchev–Trinajstić information content (AvgIpc) is 3.25. The van der Waals surface area contributed by atoms with Crippen LogP contribution in [0.4, 0.5) is 0 Å². The van der Waals surface area contributed by atoms with Crippen LogP contribution in [0.3, 0.4) is 0 Å². The molecule has 27 heavy (non-hydrogen) atoms. The van der Waals surface area contributed by atoms with Gasteiger partial charge in [-0.3, -0.25) is 25.3 Å². The zero-order chi connectivity index (χ0) is 19.4. The fourth-order valence-corrected chi connectivity index (χ4v) is 4.32. The second kappa shape index (κ2) is 8.55. The maximum absolute atomic E-state index is 12.1. The highest BCUT2D eigenvalue weighted by Gasteiger charge is 2.19. The number of aryl methyl sites for hydroxylation is 1. The van der Waals surface area contributed by atoms with Gasteiger partial charge in [0.2, 0.25) is 5.91 Å². The highest BCUT2D eigenvalue weighted by molar-refractivity contribution is 7.18. The second-order valence-corrected chi connectivity index (χ2v) is 8.27. The second-order valence-electron chi connectivity index (χ2n) is 6.27. The third kappa shape index (κ3) is 5.09. The van der Waals surface area contributed by atoms with Crippen molar-refractivity contribution in [2.45, 2.75) is 26.3 Å². The topological polar surface area (TPSA) is 87.2 Å². The molecule has 142 valence electrons. The van der Waals surface area contributed by atoms with E-state index in [4.69, 9.17) is 0 Å². The van der Waals surface area contributed by atoms with Crippen molar-refractivity contribution < 1.29 is 9.59 Å². The molecule has 3 aromatic rings. The number of hydrazine groups is 1. The molecule has 1 aromatic carbocycles. The first kappa shape index (κ1) is 19.4. The maximum Gasteiger partial charge on any atom is 0.252 e. The zero-order valence-corrected chi connectivity index (χ0v) is 17.0. The molecule has 9 heteroatoms. The molecule has 1 unspecified atom stereocenters. The molecule has 0 aliphatic rings. The zero-order valence-electron chi connectivity index (χ0n) is 15.4. The van der Waals surface area contributed by atoms with Gasteiger partial charge in [0, 0.05) is 11.1 Å². The number of fused-ring (bicyclic) bond motifs is 1. The summed E-state index contributed by atoms with van der Waals surface area (Å²) in [5.74, 6) is -0.575. The number of nitrogens with zero attached hydrogens (tertiary/aromatic N) is 3. The summed E-state index contributed by atoms with van der Waals surface area (Å²) in [4.78, 5) is 34.8. The fraction of sp³-hybridized carbons (Fsp3) is 0.333. The lowest BCUT2D eigenvalue weighted by Gasteiger charge is -2.22. The van der Waals surface area contributed by atoms with Crippen molar-refractivity contribution in [3.63, 3.8) is 0 Å². The molecular weight excluding hydrogens is 382 g/mol. The van der Waals surface area contributed by atoms with Crippen molar-refractivity contribution >= 4 is 44.7 Å². The Morgan fingerprint density at radius 2 is 1.93 bits per heavy atom. The number of thiazole rings is 2. The lowest BCUT2D eigenvalue weighted by atomic mass is 10.3. The standard InChI is InChI=1S/C18H21N5O2S2/c1-11-10-26-17(19-11)8-15(24)21-22-16(25)9-23(3)12(2)18-20-13-6-4-5-7-14(13)27-18/h4-7,10,12H,8-9H2,1-3H3,(H,21,24)(H,22,25). The molecule has 1 atom stereocenters. The van der Waals surface area contributed by atoms with Gasteiger partial charge < -0.3 is 0 Å². The van der Waals surface area contributed by atoms with Crippen molar-refractivity contribution in [2.24, 2.45) is 0 Å². The first-order valence-corrected chi connectivity index (χ1v) is 10.2. The van der Waals surface area contributed by atoms with Crippen molar-refractivity contribution in [3.05, 3.63) is 45.4 Å². The summed E-state index contributed by atoms with van der Waals surface area (Å²) in [5, 5.41) is 3.56. The third-order valence-corrected chi connectivity index (χ3v) is 6.22. The number of para-hydroxylation sites is 1. The van der Waals surface area contributed by atoms with E-state index in [9.17, 15) is 9.59 Å². The van der Waals surface area contributed by atoms with Crippen LogP contribution in [0.1, 0.15) is 28.7 Å². The number of amides is 2. The number of likely N-dealkylation sites (N-methyl/N-ethyl adjacent to an activating group) is 1. The molecule has 0 radical (unpaired) electrons. The molecule has 7 nitrogen and oxygen atoms in total. The average molecular weight is 404 g/mol. The van der Waals surface area contributed by atoms with Gasteiger partial charge in [-0.1, -0.05) is 12.1 Å². The van der Waals surface area contributed by atoms with Crippen molar-refractivity contribution in [2.75, 3.05) is 13.6 Å². The molecule has 0 aliphatic carbocycles. The summed E-state index contributed by atoms with van der Waals surface area (Å²) in [6, 6.07) is 7.96. The number of benzene rings is 1. The predicted octanol–water partition coefficient (Wildman–Crippen LogP) is 2.44. The van der Waals surface area contributed by atoms with Crippen LogP contribution in [0.5, 0.6) is 0 Å². The van der Waals surface area contributed by atoms with Gasteiger partial charge in [-0.15, -0.1) is 22.7 Å². The van der Waals surface area contributed by atoms with Gasteiger partial charge in [-0.25, -0.2) is 9.97 Å². The van der Waals surface area contributed by atoms with Crippen molar-refractivity contribution in [1.29, 1.82) is 0 Å². The van der Waals surface area contributed by atoms with Crippen molar-refractivity contribution in [1.82, 2.24) is 25.7 Å². The SMILES string of the molecule is Cc1csc(CC(=O)NNC(=O)CN(C)C(C)c2nc3ccccc3s2)n1. The van der Waals surface area contributed by atoms with Gasteiger partial charge in [0.25, 0.3) is 5.91 Å². The third-order valence-electron chi connectivity index (χ3n) is 4.04. The summed E-state index contributed by atoms with van der Waals surface area (Å²) >= 11 is 3.05. The van der Waals surface area contributed by atoms with E-state index in [0.717, 1.165) is 25.9 Å². The van der Waals surface area contributed by atoms with Gasteiger partial charge in [-0.2, -0.15) is 0 Å². The van der Waals surface area contributed by atoms with Crippen LogP contribution in [-0.2, 0) is 16.0 Å². The van der Waals surface area contributed by atoms with E-state index in [1.807, 2.05) is 55.4 Å². The number of hydrogen-bond donors (Lipinski definition) is 2. The Kier molecular flexibility index (Phi) is 6.15. The van der Waals surface area contributed by atoms with E-state index in [1.54, 1.807) is 11.3 Å². The molecule has 3 rings (SSSR count). The number of nitrogens with one attached hydrogen (secondary N) is 2. The van der Waals surface area contributed by atoms with Crippen LogP contribution in [-0.4, -0.2) is 40.3 Å². The summed E-state index contributed by atoms with van der Waals surface area (Å²) < 4.78 is 1.13. The Morgan fingerprint density at radius 1 is 1.19 bits per heavy atom. The molecule has 0 spiro atoms. The Hall–Kier alpha value is -2.36. The Labute approximate surface area is 165 Å². The summed E-state index contributed by atoms with van der Waals surface area (Å²) in [6.45, 7) is 4.03. The van der Waals surface area contributed by atoms with E-state index >= 15 is 0 Å². The molecule has 0 fully saturated rings. The highest BCUT2D eigenvalue weighted by Crippen LogP contribution is 2.28. The summed E-state index contributed by atoms with van der Waals surface area (Å²) in [5.41, 5.74) is 6.74. The summed E-state index contributed by atoms with van der Waals surface area (Å²) in [7, 11) is 1.86. The molecule has 2 aromatic heterocycles. The highest BCUT2D eigenvalue weighted by atomic mass is 32.1. The minimum atomic E-state index is -0.292. The quantitative estimate of drug-likeness (QED) is 0.618. The monoisotopic (exact) mass is 403 g/mol. The van der Waals surface area contributed by atoms with E-state index in [0.29, 0.717) is 0 Å². The molecule has 2 heterocycles. The van der Waals surface area contributed by atoms with Crippen LogP contribution in [0.15, 0.2) is 29.6 Å². The largest absolute Gasteiger partial charge is 0.288 e. The van der Waals surface area contributed by atoms with E-state index in [-0.39, 0.29) is 30.8 Å². The lowest BCUT2D eigenvalue weighted by molar-refractivity contribution is -0.129. The van der Waals surface area contributed by atoms with E-state index in [1.165, 1.54) is 11.3 Å². The van der Waals surface area contributed by atoms with E-state index in [2.05, 4.69) is 20.8 Å². The first-order chi connectivity index (χ1) is 12.9. The Balaban J connectivity index is 1.48. The summed E-state index contributed by atoms with van der Waals surface area (Å²) in [6.07, 6.45) is 0.150. The number of rotatable bonds is 6. The molecule has 0 saturated heterocycles. The van der Waals surface area contributed by atoms with Gasteiger partial charge in [-0.05, 0) is 33.0 Å². The Morgan fingerprint density at radius 3 is 2.63 bits per heavy atom. The number of aromatic nitrogens is 2. The molecule has 2 amide bonds. The van der Waals surface area contributed by atoms with Gasteiger partial charge >= 0.3 is 0 Å². The molecule has 0 aliphatic heterocycles. The smallest absolute Gasteiger partial charge is 0.252 e. The van der Waals surface area contributed by atoms with Crippen LogP contribution in [0.25, 0.3) is 10.2 Å². The maximum atomic E-state index is 12.1. The molecular formula is C18H21N5O2S2. The Bertz CT molecular complexity index is 919.